The standard InChI is InChI=1S/C15H27NO/c1-9(2)15(17)14-12-7-6-11(5)13(12)8-16(14)10(3)4/h9-14H,6-8H2,1-5H3/t11?,12-,13+,14?/m0/s1. The van der Waals surface area contributed by atoms with Crippen molar-refractivity contribution in [3.05, 3.63) is 0 Å². The fraction of sp³-hybridized carbons (Fsp3) is 0.933. The van der Waals surface area contributed by atoms with Gasteiger partial charge in [0.05, 0.1) is 6.04 Å². The molecule has 2 fully saturated rings. The van der Waals surface area contributed by atoms with E-state index in [4.69, 9.17) is 0 Å². The lowest BCUT2D eigenvalue weighted by atomic mass is 9.86. The van der Waals surface area contributed by atoms with Crippen LogP contribution in [0.25, 0.3) is 0 Å². The van der Waals surface area contributed by atoms with Crippen LogP contribution >= 0.6 is 0 Å². The van der Waals surface area contributed by atoms with Gasteiger partial charge in [0.1, 0.15) is 0 Å². The molecule has 0 aromatic heterocycles. The first kappa shape index (κ1) is 13.1. The van der Waals surface area contributed by atoms with E-state index in [1.807, 2.05) is 13.8 Å². The zero-order chi connectivity index (χ0) is 12.7. The molecule has 0 aromatic carbocycles. The Morgan fingerprint density at radius 2 is 1.76 bits per heavy atom. The van der Waals surface area contributed by atoms with Crippen molar-refractivity contribution in [1.82, 2.24) is 4.90 Å². The summed E-state index contributed by atoms with van der Waals surface area (Å²) in [6, 6.07) is 0.713. The normalized spacial score (nSPS) is 38.1. The molecule has 4 atom stereocenters. The van der Waals surface area contributed by atoms with Crippen LogP contribution in [0.2, 0.25) is 0 Å². The second kappa shape index (κ2) is 4.72. The van der Waals surface area contributed by atoms with Crippen molar-refractivity contribution in [1.29, 1.82) is 0 Å². The lowest BCUT2D eigenvalue weighted by Crippen LogP contribution is -2.45. The van der Waals surface area contributed by atoms with Gasteiger partial charge in [-0.1, -0.05) is 27.2 Å². The zero-order valence-electron chi connectivity index (χ0n) is 11.9. The summed E-state index contributed by atoms with van der Waals surface area (Å²) in [5, 5.41) is 0. The Hall–Kier alpha value is -0.370. The smallest absolute Gasteiger partial charge is 0.152 e. The summed E-state index contributed by atoms with van der Waals surface area (Å²) in [5.74, 6) is 2.87. The van der Waals surface area contributed by atoms with Crippen molar-refractivity contribution in [3.8, 4) is 0 Å². The molecular weight excluding hydrogens is 210 g/mol. The average molecular weight is 237 g/mol. The summed E-state index contributed by atoms with van der Waals surface area (Å²) in [6.45, 7) is 12.1. The third kappa shape index (κ3) is 2.16. The zero-order valence-corrected chi connectivity index (χ0v) is 11.9. The van der Waals surface area contributed by atoms with Crippen LogP contribution in [-0.2, 0) is 4.79 Å². The molecule has 0 N–H and O–H groups in total. The molecule has 0 amide bonds. The first-order chi connectivity index (χ1) is 7.93. The highest BCUT2D eigenvalue weighted by atomic mass is 16.1. The maximum Gasteiger partial charge on any atom is 0.152 e. The van der Waals surface area contributed by atoms with Gasteiger partial charge in [-0.15, -0.1) is 0 Å². The highest BCUT2D eigenvalue weighted by Gasteiger charge is 2.50. The number of carbonyl (C=O) groups is 1. The summed E-state index contributed by atoms with van der Waals surface area (Å²) in [7, 11) is 0. The first-order valence-corrected chi connectivity index (χ1v) is 7.23. The molecule has 17 heavy (non-hydrogen) atoms. The van der Waals surface area contributed by atoms with Gasteiger partial charge in [0.15, 0.2) is 5.78 Å². The molecule has 0 spiro atoms. The van der Waals surface area contributed by atoms with E-state index in [-0.39, 0.29) is 12.0 Å². The van der Waals surface area contributed by atoms with Gasteiger partial charge in [0.2, 0.25) is 0 Å². The van der Waals surface area contributed by atoms with Crippen LogP contribution < -0.4 is 0 Å². The van der Waals surface area contributed by atoms with E-state index < -0.39 is 0 Å². The van der Waals surface area contributed by atoms with E-state index in [9.17, 15) is 4.79 Å². The van der Waals surface area contributed by atoms with Crippen LogP contribution in [0.1, 0.15) is 47.5 Å². The summed E-state index contributed by atoms with van der Waals surface area (Å²) >= 11 is 0. The van der Waals surface area contributed by atoms with Gasteiger partial charge in [-0.25, -0.2) is 0 Å². The predicted molar refractivity (Wildman–Crippen MR) is 70.9 cm³/mol. The van der Waals surface area contributed by atoms with Crippen molar-refractivity contribution >= 4 is 5.78 Å². The Morgan fingerprint density at radius 3 is 2.29 bits per heavy atom. The number of Topliss-reactive ketones (excluding diaryl/α,β-unsaturated/α-hetero) is 1. The number of likely N-dealkylation sites (tertiary alicyclic amines) is 1. The van der Waals surface area contributed by atoms with Gasteiger partial charge >= 0.3 is 0 Å². The molecule has 2 aliphatic rings. The lowest BCUT2D eigenvalue weighted by Gasteiger charge is -2.31. The number of nitrogens with zero attached hydrogens (tertiary/aromatic N) is 1. The molecule has 2 heteroatoms. The Labute approximate surface area is 106 Å². The predicted octanol–water partition coefficient (Wildman–Crippen LogP) is 2.97. The summed E-state index contributed by atoms with van der Waals surface area (Å²) < 4.78 is 0. The SMILES string of the molecule is CC(C)C(=O)C1[C@H]2CCC(C)[C@H]2CN1C(C)C. The highest BCUT2D eigenvalue weighted by molar-refractivity contribution is 5.86. The van der Waals surface area contributed by atoms with E-state index in [2.05, 4.69) is 25.7 Å². The minimum absolute atomic E-state index is 0.177. The number of fused-ring (bicyclic) bond motifs is 1. The topological polar surface area (TPSA) is 20.3 Å². The van der Waals surface area contributed by atoms with Gasteiger partial charge in [-0.05, 0) is 38.0 Å². The van der Waals surface area contributed by atoms with Crippen LogP contribution in [0.5, 0.6) is 0 Å². The Kier molecular flexibility index (Phi) is 3.63. The fourth-order valence-corrected chi connectivity index (χ4v) is 3.86. The maximum atomic E-state index is 12.5. The maximum absolute atomic E-state index is 12.5. The molecule has 2 unspecified atom stereocenters. The van der Waals surface area contributed by atoms with Crippen molar-refractivity contribution in [3.63, 3.8) is 0 Å². The third-order valence-electron chi connectivity index (χ3n) is 4.94. The van der Waals surface area contributed by atoms with Crippen LogP contribution in [0.3, 0.4) is 0 Å². The number of carbonyl (C=O) groups excluding carboxylic acids is 1. The fourth-order valence-electron chi connectivity index (χ4n) is 3.86. The molecule has 0 aromatic rings. The van der Waals surface area contributed by atoms with Crippen LogP contribution in [0.15, 0.2) is 0 Å². The van der Waals surface area contributed by atoms with Crippen LogP contribution in [0.4, 0.5) is 0 Å². The molecule has 1 heterocycles. The Bertz CT molecular complexity index is 295. The van der Waals surface area contributed by atoms with E-state index in [0.29, 0.717) is 17.7 Å². The molecule has 98 valence electrons. The largest absolute Gasteiger partial charge is 0.298 e. The molecule has 1 saturated heterocycles. The average Bonchev–Trinajstić information content (AvgIpc) is 2.77. The monoisotopic (exact) mass is 237 g/mol. The number of ketones is 1. The van der Waals surface area contributed by atoms with E-state index in [0.717, 1.165) is 18.4 Å². The van der Waals surface area contributed by atoms with Gasteiger partial charge in [-0.3, -0.25) is 9.69 Å². The number of hydrogen-bond acceptors (Lipinski definition) is 2. The molecule has 0 radical (unpaired) electrons. The molecule has 0 bridgehead atoms. The lowest BCUT2D eigenvalue weighted by molar-refractivity contribution is -0.128. The molecule has 2 nitrogen and oxygen atoms in total. The van der Waals surface area contributed by atoms with Gasteiger partial charge in [0.25, 0.3) is 0 Å². The van der Waals surface area contributed by atoms with Crippen molar-refractivity contribution in [2.45, 2.75) is 59.5 Å². The second-order valence-electron chi connectivity index (χ2n) is 6.67. The first-order valence-electron chi connectivity index (χ1n) is 7.23. The summed E-state index contributed by atoms with van der Waals surface area (Å²) in [4.78, 5) is 14.9. The number of hydrogen-bond donors (Lipinski definition) is 0. The van der Waals surface area contributed by atoms with Gasteiger partial charge in [-0.2, -0.15) is 0 Å². The molecule has 1 saturated carbocycles. The molecule has 2 rings (SSSR count). The Balaban J connectivity index is 2.22. The minimum atomic E-state index is 0.177. The quantitative estimate of drug-likeness (QED) is 0.752. The third-order valence-corrected chi connectivity index (χ3v) is 4.94. The summed E-state index contributed by atoms with van der Waals surface area (Å²) in [6.07, 6.45) is 2.58. The van der Waals surface area contributed by atoms with Crippen LogP contribution in [0, 0.1) is 23.7 Å². The van der Waals surface area contributed by atoms with E-state index >= 15 is 0 Å². The Morgan fingerprint density at radius 1 is 1.12 bits per heavy atom. The van der Waals surface area contributed by atoms with Crippen molar-refractivity contribution in [2.24, 2.45) is 23.7 Å². The molecular formula is C15H27NO. The van der Waals surface area contributed by atoms with Gasteiger partial charge in [0, 0.05) is 18.5 Å². The molecule has 1 aliphatic heterocycles. The van der Waals surface area contributed by atoms with E-state index in [1.54, 1.807) is 0 Å². The second-order valence-corrected chi connectivity index (χ2v) is 6.67. The highest BCUT2D eigenvalue weighted by Crippen LogP contribution is 2.46. The minimum Gasteiger partial charge on any atom is -0.298 e. The molecule has 1 aliphatic carbocycles. The summed E-state index contributed by atoms with van der Waals surface area (Å²) in [5.41, 5.74) is 0. The van der Waals surface area contributed by atoms with E-state index in [1.165, 1.54) is 12.8 Å². The van der Waals surface area contributed by atoms with Crippen LogP contribution in [-0.4, -0.2) is 29.3 Å². The van der Waals surface area contributed by atoms with Gasteiger partial charge < -0.3 is 0 Å². The number of rotatable bonds is 3. The van der Waals surface area contributed by atoms with Crippen molar-refractivity contribution in [2.75, 3.05) is 6.54 Å². The van der Waals surface area contributed by atoms with Crippen molar-refractivity contribution < 1.29 is 4.79 Å².